The lowest BCUT2D eigenvalue weighted by Gasteiger charge is -2.36. The summed E-state index contributed by atoms with van der Waals surface area (Å²) in [7, 11) is 1.68. The number of hydrogen-bond acceptors (Lipinski definition) is 5. The lowest BCUT2D eigenvalue weighted by molar-refractivity contribution is -0.127. The Hall–Kier alpha value is -2.80. The number of nitrogens with zero attached hydrogens (tertiary/aromatic N) is 3. The zero-order valence-corrected chi connectivity index (χ0v) is 17.6. The van der Waals surface area contributed by atoms with Crippen molar-refractivity contribution >= 4 is 28.9 Å². The molecular formula is C22H24N4O2S. The number of nitrogens with one attached hydrogen (secondary N) is 1. The Balaban J connectivity index is 1.60. The van der Waals surface area contributed by atoms with Gasteiger partial charge in [-0.1, -0.05) is 71.4 Å². The number of fused-ring (bicyclic) bond motifs is 1. The quantitative estimate of drug-likeness (QED) is 0.843. The fourth-order valence-corrected chi connectivity index (χ4v) is 4.64. The minimum absolute atomic E-state index is 0.291. The van der Waals surface area contributed by atoms with Crippen molar-refractivity contribution in [1.82, 2.24) is 15.1 Å². The molecule has 6 nitrogen and oxygen atoms in total. The SMILES string of the molecule is Cc1ccc(CSC2=NC3C(C(=O)NC(=O)N3C)N2Cc2cccc(C)c2)cc1. The van der Waals surface area contributed by atoms with Gasteiger partial charge in [0, 0.05) is 19.3 Å². The molecule has 150 valence electrons. The second-order valence-electron chi connectivity index (χ2n) is 7.57. The van der Waals surface area contributed by atoms with E-state index in [1.54, 1.807) is 18.8 Å². The van der Waals surface area contributed by atoms with Crippen LogP contribution in [0, 0.1) is 13.8 Å². The minimum Gasteiger partial charge on any atom is -0.331 e. The molecule has 0 spiro atoms. The third-order valence-electron chi connectivity index (χ3n) is 5.25. The molecule has 2 aromatic rings. The van der Waals surface area contributed by atoms with Crippen LogP contribution < -0.4 is 5.32 Å². The molecule has 0 aliphatic carbocycles. The first kappa shape index (κ1) is 19.5. The van der Waals surface area contributed by atoms with E-state index in [1.807, 2.05) is 11.0 Å². The monoisotopic (exact) mass is 408 g/mol. The summed E-state index contributed by atoms with van der Waals surface area (Å²) in [5.74, 6) is 0.461. The number of likely N-dealkylation sites (N-methyl/N-ethyl adjacent to an activating group) is 1. The van der Waals surface area contributed by atoms with Crippen molar-refractivity contribution < 1.29 is 9.59 Å². The van der Waals surface area contributed by atoms with Crippen LogP contribution in [-0.4, -0.2) is 46.2 Å². The molecule has 29 heavy (non-hydrogen) atoms. The molecule has 0 aromatic heterocycles. The molecule has 2 aromatic carbocycles. The van der Waals surface area contributed by atoms with Gasteiger partial charge in [-0.15, -0.1) is 0 Å². The highest BCUT2D eigenvalue weighted by atomic mass is 32.2. The number of urea groups is 1. The standard InChI is InChI=1S/C22H24N4O2S/c1-14-7-9-16(10-8-14)13-29-22-23-19-18(20(27)24-21(28)25(19)3)26(22)12-17-6-4-5-15(2)11-17/h4-11,18-19H,12-13H2,1-3H3,(H,24,27,28). The lowest BCUT2D eigenvalue weighted by Crippen LogP contribution is -2.63. The highest BCUT2D eigenvalue weighted by molar-refractivity contribution is 8.13. The number of rotatable bonds is 4. The van der Waals surface area contributed by atoms with Crippen LogP contribution in [0.3, 0.4) is 0 Å². The van der Waals surface area contributed by atoms with E-state index in [0.29, 0.717) is 6.54 Å². The second kappa shape index (κ2) is 7.91. The highest BCUT2D eigenvalue weighted by Gasteiger charge is 2.48. The van der Waals surface area contributed by atoms with Crippen LogP contribution in [-0.2, 0) is 17.1 Å². The molecule has 2 heterocycles. The van der Waals surface area contributed by atoms with E-state index in [9.17, 15) is 9.59 Å². The molecule has 7 heteroatoms. The van der Waals surface area contributed by atoms with Crippen LogP contribution in [0.5, 0.6) is 0 Å². The van der Waals surface area contributed by atoms with Gasteiger partial charge in [-0.2, -0.15) is 0 Å². The van der Waals surface area contributed by atoms with E-state index in [0.717, 1.165) is 16.5 Å². The summed E-state index contributed by atoms with van der Waals surface area (Å²) in [4.78, 5) is 33.1. The fraction of sp³-hybridized carbons (Fsp3) is 0.318. The number of thioether (sulfide) groups is 1. The van der Waals surface area contributed by atoms with Gasteiger partial charge in [0.1, 0.15) is 0 Å². The van der Waals surface area contributed by atoms with E-state index >= 15 is 0 Å². The second-order valence-corrected chi connectivity index (χ2v) is 8.51. The maximum atomic E-state index is 12.7. The van der Waals surface area contributed by atoms with Crippen LogP contribution in [0.1, 0.15) is 22.3 Å². The van der Waals surface area contributed by atoms with Crippen molar-refractivity contribution in [3.63, 3.8) is 0 Å². The number of aryl methyl sites for hydroxylation is 2. The molecule has 0 saturated carbocycles. The van der Waals surface area contributed by atoms with Crippen LogP contribution in [0.4, 0.5) is 4.79 Å². The lowest BCUT2D eigenvalue weighted by atomic mass is 10.1. The Morgan fingerprint density at radius 2 is 1.79 bits per heavy atom. The Morgan fingerprint density at radius 3 is 2.52 bits per heavy atom. The van der Waals surface area contributed by atoms with Gasteiger partial charge in [0.15, 0.2) is 17.4 Å². The van der Waals surface area contributed by atoms with Crippen LogP contribution in [0.2, 0.25) is 0 Å². The highest BCUT2D eigenvalue weighted by Crippen LogP contribution is 2.31. The number of imide groups is 1. The molecule has 2 atom stereocenters. The molecule has 2 aliphatic heterocycles. The number of aliphatic imine (C=N–C) groups is 1. The van der Waals surface area contributed by atoms with Gasteiger partial charge in [0.25, 0.3) is 5.91 Å². The van der Waals surface area contributed by atoms with Gasteiger partial charge >= 0.3 is 6.03 Å². The molecule has 1 fully saturated rings. The predicted molar refractivity (Wildman–Crippen MR) is 116 cm³/mol. The van der Waals surface area contributed by atoms with Gasteiger partial charge in [0.05, 0.1) is 0 Å². The van der Waals surface area contributed by atoms with Crippen molar-refractivity contribution in [3.05, 3.63) is 70.8 Å². The molecule has 2 aliphatic rings. The van der Waals surface area contributed by atoms with E-state index in [2.05, 4.69) is 61.6 Å². The smallest absolute Gasteiger partial charge is 0.325 e. The number of amides is 3. The van der Waals surface area contributed by atoms with E-state index < -0.39 is 18.2 Å². The first-order valence-electron chi connectivity index (χ1n) is 9.58. The van der Waals surface area contributed by atoms with Gasteiger partial charge in [-0.05, 0) is 25.0 Å². The average Bonchev–Trinajstić information content (AvgIpc) is 3.05. The Labute approximate surface area is 175 Å². The number of benzene rings is 2. The average molecular weight is 409 g/mol. The summed E-state index contributed by atoms with van der Waals surface area (Å²) in [6, 6.07) is 15.7. The molecule has 4 rings (SSSR count). The summed E-state index contributed by atoms with van der Waals surface area (Å²) < 4.78 is 0. The van der Waals surface area contributed by atoms with Crippen LogP contribution >= 0.6 is 11.8 Å². The van der Waals surface area contributed by atoms with Crippen molar-refractivity contribution in [2.45, 2.75) is 38.4 Å². The maximum Gasteiger partial charge on any atom is 0.325 e. The van der Waals surface area contributed by atoms with E-state index in [-0.39, 0.29) is 5.91 Å². The molecule has 1 N–H and O–H groups in total. The fourth-order valence-electron chi connectivity index (χ4n) is 3.63. The van der Waals surface area contributed by atoms with Gasteiger partial charge < -0.3 is 9.80 Å². The summed E-state index contributed by atoms with van der Waals surface area (Å²) in [5, 5.41) is 3.24. The summed E-state index contributed by atoms with van der Waals surface area (Å²) >= 11 is 1.60. The summed E-state index contributed by atoms with van der Waals surface area (Å²) in [6.45, 7) is 4.69. The van der Waals surface area contributed by atoms with E-state index in [1.165, 1.54) is 21.6 Å². The van der Waals surface area contributed by atoms with Crippen LogP contribution in [0.15, 0.2) is 53.5 Å². The molecule has 3 amide bonds. The zero-order valence-electron chi connectivity index (χ0n) is 16.8. The number of carbonyl (C=O) groups excluding carboxylic acids is 2. The van der Waals surface area contributed by atoms with Gasteiger partial charge in [0.2, 0.25) is 0 Å². The third-order valence-corrected chi connectivity index (χ3v) is 6.32. The Morgan fingerprint density at radius 1 is 1.03 bits per heavy atom. The van der Waals surface area contributed by atoms with Gasteiger partial charge in [-0.3, -0.25) is 10.1 Å². The summed E-state index contributed by atoms with van der Waals surface area (Å²) in [5.41, 5.74) is 4.70. The van der Waals surface area contributed by atoms with Crippen molar-refractivity contribution in [2.24, 2.45) is 4.99 Å². The maximum absolute atomic E-state index is 12.7. The summed E-state index contributed by atoms with van der Waals surface area (Å²) in [6.07, 6.45) is -0.499. The molecule has 2 unspecified atom stereocenters. The Bertz CT molecular complexity index is 973. The zero-order chi connectivity index (χ0) is 20.5. The minimum atomic E-state index is -0.515. The number of hydrogen-bond donors (Lipinski definition) is 1. The third kappa shape index (κ3) is 4.00. The number of carbonyl (C=O) groups is 2. The van der Waals surface area contributed by atoms with Crippen LogP contribution in [0.25, 0.3) is 0 Å². The first-order valence-corrected chi connectivity index (χ1v) is 10.6. The van der Waals surface area contributed by atoms with Crippen molar-refractivity contribution in [1.29, 1.82) is 0 Å². The Kier molecular flexibility index (Phi) is 5.32. The molecule has 0 bridgehead atoms. The normalized spacial score (nSPS) is 21.1. The first-order chi connectivity index (χ1) is 13.9. The largest absolute Gasteiger partial charge is 0.331 e. The molecule has 1 saturated heterocycles. The predicted octanol–water partition coefficient (Wildman–Crippen LogP) is 3.28. The molecule has 0 radical (unpaired) electrons. The molecular weight excluding hydrogens is 384 g/mol. The van der Waals surface area contributed by atoms with E-state index in [4.69, 9.17) is 4.99 Å². The number of amidine groups is 1. The van der Waals surface area contributed by atoms with Gasteiger partial charge in [-0.25, -0.2) is 9.79 Å². The van der Waals surface area contributed by atoms with Crippen molar-refractivity contribution in [2.75, 3.05) is 7.05 Å². The topological polar surface area (TPSA) is 65.0 Å². The van der Waals surface area contributed by atoms with Crippen molar-refractivity contribution in [3.8, 4) is 0 Å².